The smallest absolute Gasteiger partial charge is 0.254 e. The molecule has 1 amide bonds. The number of anilines is 2. The van der Waals surface area contributed by atoms with E-state index in [1.807, 2.05) is 41.3 Å². The predicted octanol–water partition coefficient (Wildman–Crippen LogP) is 3.08. The molecule has 31 heavy (non-hydrogen) atoms. The highest BCUT2D eigenvalue weighted by atomic mass is 35.5. The lowest BCUT2D eigenvalue weighted by atomic mass is 10.1. The van der Waals surface area contributed by atoms with Gasteiger partial charge in [0, 0.05) is 60.9 Å². The Labute approximate surface area is 186 Å². The summed E-state index contributed by atoms with van der Waals surface area (Å²) in [4.78, 5) is 28.5. The molecule has 7 nitrogen and oxygen atoms in total. The van der Waals surface area contributed by atoms with E-state index in [0.29, 0.717) is 31.9 Å². The average molecular weight is 438 g/mol. The zero-order valence-corrected chi connectivity index (χ0v) is 18.0. The Morgan fingerprint density at radius 3 is 2.48 bits per heavy atom. The fourth-order valence-corrected chi connectivity index (χ4v) is 4.41. The molecule has 3 aromatic rings. The van der Waals surface area contributed by atoms with Crippen molar-refractivity contribution in [1.29, 1.82) is 0 Å². The Morgan fingerprint density at radius 1 is 0.903 bits per heavy atom. The molecule has 3 heterocycles. The summed E-state index contributed by atoms with van der Waals surface area (Å²) in [5.74, 6) is 0.915. The zero-order valence-electron chi connectivity index (χ0n) is 17.2. The predicted molar refractivity (Wildman–Crippen MR) is 122 cm³/mol. The largest absolute Gasteiger partial charge is 0.378 e. The number of halogens is 1. The maximum Gasteiger partial charge on any atom is 0.254 e. The summed E-state index contributed by atoms with van der Waals surface area (Å²) in [6, 6.07) is 13.6. The third-order valence-corrected chi connectivity index (χ3v) is 6.15. The molecule has 160 valence electrons. The molecule has 1 aromatic heterocycles. The first kappa shape index (κ1) is 20.0. The third-order valence-electron chi connectivity index (χ3n) is 5.91. The number of aromatic nitrogens is 2. The highest BCUT2D eigenvalue weighted by Crippen LogP contribution is 2.26. The minimum atomic E-state index is 0.0458. The molecule has 5 rings (SSSR count). The second-order valence-electron chi connectivity index (χ2n) is 7.79. The van der Waals surface area contributed by atoms with Crippen LogP contribution >= 0.6 is 11.6 Å². The number of hydrogen-bond donors (Lipinski definition) is 0. The van der Waals surface area contributed by atoms with Crippen LogP contribution in [-0.2, 0) is 4.74 Å². The van der Waals surface area contributed by atoms with Crippen molar-refractivity contribution in [2.75, 3.05) is 62.3 Å². The fourth-order valence-electron chi connectivity index (χ4n) is 4.23. The number of fused-ring (bicyclic) bond motifs is 1. The van der Waals surface area contributed by atoms with E-state index in [1.54, 1.807) is 6.33 Å². The number of carbonyl (C=O) groups is 1. The molecule has 0 aliphatic carbocycles. The normalized spacial score (nSPS) is 17.3. The molecular formula is C23H24ClN5O2. The Bertz CT molecular complexity index is 1090. The molecule has 2 fully saturated rings. The number of morpholine rings is 1. The van der Waals surface area contributed by atoms with Crippen molar-refractivity contribution >= 4 is 39.9 Å². The molecule has 0 N–H and O–H groups in total. The van der Waals surface area contributed by atoms with Crippen LogP contribution in [0.15, 0.2) is 48.8 Å². The molecule has 0 atom stereocenters. The van der Waals surface area contributed by atoms with Gasteiger partial charge in [0.25, 0.3) is 5.91 Å². The third kappa shape index (κ3) is 4.16. The first-order chi connectivity index (χ1) is 15.2. The van der Waals surface area contributed by atoms with Crippen LogP contribution in [0.4, 0.5) is 11.5 Å². The molecule has 2 aliphatic rings. The Kier molecular flexibility index (Phi) is 5.61. The van der Waals surface area contributed by atoms with Crippen LogP contribution in [0, 0.1) is 0 Å². The lowest BCUT2D eigenvalue weighted by molar-refractivity contribution is 0.0747. The van der Waals surface area contributed by atoms with Crippen molar-refractivity contribution in [2.24, 2.45) is 0 Å². The standard InChI is InChI=1S/C23H24ClN5O2/c24-18-2-1-3-19(15-18)27-6-8-29(9-7-27)23(30)17-4-5-21-20(14-17)22(26-16-25-21)28-10-12-31-13-11-28/h1-5,14-16H,6-13H2. The second-order valence-corrected chi connectivity index (χ2v) is 8.22. The fraction of sp³-hybridized carbons (Fsp3) is 0.348. The van der Waals surface area contributed by atoms with Gasteiger partial charge in [-0.15, -0.1) is 0 Å². The van der Waals surface area contributed by atoms with Crippen LogP contribution in [0.1, 0.15) is 10.4 Å². The van der Waals surface area contributed by atoms with Gasteiger partial charge in [-0.05, 0) is 36.4 Å². The van der Waals surface area contributed by atoms with E-state index in [1.165, 1.54) is 0 Å². The SMILES string of the molecule is O=C(c1ccc2ncnc(N3CCOCC3)c2c1)N1CCN(c2cccc(Cl)c2)CC1. The van der Waals surface area contributed by atoms with Gasteiger partial charge in [-0.25, -0.2) is 9.97 Å². The molecule has 0 saturated carbocycles. The number of hydrogen-bond acceptors (Lipinski definition) is 6. The molecule has 8 heteroatoms. The van der Waals surface area contributed by atoms with Crippen LogP contribution in [0.5, 0.6) is 0 Å². The highest BCUT2D eigenvalue weighted by Gasteiger charge is 2.24. The molecule has 0 radical (unpaired) electrons. The summed E-state index contributed by atoms with van der Waals surface area (Å²) in [5.41, 5.74) is 2.62. The molecule has 0 spiro atoms. The van der Waals surface area contributed by atoms with Gasteiger partial charge in [0.05, 0.1) is 18.7 Å². The van der Waals surface area contributed by atoms with Crippen molar-refractivity contribution < 1.29 is 9.53 Å². The van der Waals surface area contributed by atoms with E-state index < -0.39 is 0 Å². The Balaban J connectivity index is 1.34. The van der Waals surface area contributed by atoms with Crippen molar-refractivity contribution in [3.05, 3.63) is 59.4 Å². The van der Waals surface area contributed by atoms with Gasteiger partial charge in [0.2, 0.25) is 0 Å². The first-order valence-electron chi connectivity index (χ1n) is 10.6. The molecule has 0 bridgehead atoms. The summed E-state index contributed by atoms with van der Waals surface area (Å²) in [6.45, 7) is 5.84. The average Bonchev–Trinajstić information content (AvgIpc) is 2.83. The van der Waals surface area contributed by atoms with Crippen LogP contribution in [0.25, 0.3) is 10.9 Å². The van der Waals surface area contributed by atoms with E-state index in [2.05, 4.69) is 25.8 Å². The van der Waals surface area contributed by atoms with E-state index in [0.717, 1.165) is 53.6 Å². The molecular weight excluding hydrogens is 414 g/mol. The van der Waals surface area contributed by atoms with Gasteiger partial charge in [-0.2, -0.15) is 0 Å². The minimum absolute atomic E-state index is 0.0458. The number of amides is 1. The van der Waals surface area contributed by atoms with Crippen molar-refractivity contribution in [3.8, 4) is 0 Å². The van der Waals surface area contributed by atoms with E-state index in [4.69, 9.17) is 16.3 Å². The monoisotopic (exact) mass is 437 g/mol. The second kappa shape index (κ2) is 8.69. The minimum Gasteiger partial charge on any atom is -0.378 e. The molecule has 0 unspecified atom stereocenters. The summed E-state index contributed by atoms with van der Waals surface area (Å²) >= 11 is 6.13. The molecule has 2 aliphatic heterocycles. The highest BCUT2D eigenvalue weighted by molar-refractivity contribution is 6.30. The first-order valence-corrected chi connectivity index (χ1v) is 10.9. The topological polar surface area (TPSA) is 61.8 Å². The Hall–Kier alpha value is -2.90. The van der Waals surface area contributed by atoms with Gasteiger partial charge >= 0.3 is 0 Å². The number of benzene rings is 2. The van der Waals surface area contributed by atoms with E-state index >= 15 is 0 Å². The van der Waals surface area contributed by atoms with Gasteiger partial charge < -0.3 is 19.4 Å². The van der Waals surface area contributed by atoms with Crippen LogP contribution in [-0.4, -0.2) is 73.3 Å². The molecule has 2 saturated heterocycles. The summed E-state index contributed by atoms with van der Waals surface area (Å²) in [5, 5.41) is 1.64. The van der Waals surface area contributed by atoms with Crippen LogP contribution in [0.2, 0.25) is 5.02 Å². The lowest BCUT2D eigenvalue weighted by Crippen LogP contribution is -2.48. The lowest BCUT2D eigenvalue weighted by Gasteiger charge is -2.36. The number of nitrogens with zero attached hydrogens (tertiary/aromatic N) is 5. The maximum atomic E-state index is 13.2. The van der Waals surface area contributed by atoms with Gasteiger partial charge in [0.1, 0.15) is 12.1 Å². The van der Waals surface area contributed by atoms with Gasteiger partial charge in [0.15, 0.2) is 0 Å². The Morgan fingerprint density at radius 2 is 1.71 bits per heavy atom. The maximum absolute atomic E-state index is 13.2. The number of carbonyl (C=O) groups excluding carboxylic acids is 1. The summed E-state index contributed by atoms with van der Waals surface area (Å²) in [7, 11) is 0. The van der Waals surface area contributed by atoms with Crippen LogP contribution < -0.4 is 9.80 Å². The van der Waals surface area contributed by atoms with Crippen molar-refractivity contribution in [2.45, 2.75) is 0 Å². The number of rotatable bonds is 3. The molecule has 2 aromatic carbocycles. The van der Waals surface area contributed by atoms with Crippen LogP contribution in [0.3, 0.4) is 0 Å². The quantitative estimate of drug-likeness (QED) is 0.627. The number of piperazine rings is 1. The summed E-state index contributed by atoms with van der Waals surface area (Å²) < 4.78 is 5.46. The van der Waals surface area contributed by atoms with E-state index in [9.17, 15) is 4.79 Å². The summed E-state index contributed by atoms with van der Waals surface area (Å²) in [6.07, 6.45) is 1.59. The number of ether oxygens (including phenoxy) is 1. The van der Waals surface area contributed by atoms with E-state index in [-0.39, 0.29) is 5.91 Å². The van der Waals surface area contributed by atoms with Crippen molar-refractivity contribution in [3.63, 3.8) is 0 Å². The zero-order chi connectivity index (χ0) is 21.2. The van der Waals surface area contributed by atoms with Gasteiger partial charge in [-0.1, -0.05) is 17.7 Å². The van der Waals surface area contributed by atoms with Gasteiger partial charge in [-0.3, -0.25) is 4.79 Å². The van der Waals surface area contributed by atoms with Crippen molar-refractivity contribution in [1.82, 2.24) is 14.9 Å².